The normalized spacial score (nSPS) is 23.6. The highest BCUT2D eigenvalue weighted by Gasteiger charge is 2.37. The maximum atomic E-state index is 5.90. The fourth-order valence-electron chi connectivity index (χ4n) is 2.98. The lowest BCUT2D eigenvalue weighted by Gasteiger charge is -2.31. The monoisotopic (exact) mass is 273 g/mol. The van der Waals surface area contributed by atoms with Gasteiger partial charge < -0.3 is 15.0 Å². The van der Waals surface area contributed by atoms with Crippen LogP contribution in [0.4, 0.5) is 5.69 Å². The third-order valence-corrected chi connectivity index (χ3v) is 4.09. The summed E-state index contributed by atoms with van der Waals surface area (Å²) in [6.07, 6.45) is 1.02. The first kappa shape index (κ1) is 13.4. The topological polar surface area (TPSA) is 53.1 Å². The zero-order valence-corrected chi connectivity index (χ0v) is 12.7. The molecule has 2 aromatic rings. The number of fused-ring (bicyclic) bond motifs is 1. The summed E-state index contributed by atoms with van der Waals surface area (Å²) in [7, 11) is 0. The second-order valence-corrected chi connectivity index (χ2v) is 7.07. The maximum absolute atomic E-state index is 5.90. The summed E-state index contributed by atoms with van der Waals surface area (Å²) in [5, 5.41) is 0. The Morgan fingerprint density at radius 3 is 2.70 bits per heavy atom. The zero-order chi connectivity index (χ0) is 14.5. The van der Waals surface area contributed by atoms with E-state index in [0.717, 1.165) is 42.2 Å². The number of hydrogen-bond acceptors (Lipinski definition) is 3. The highest BCUT2D eigenvalue weighted by atomic mass is 16.5. The van der Waals surface area contributed by atoms with Crippen molar-refractivity contribution in [3.8, 4) is 0 Å². The molecule has 4 heteroatoms. The summed E-state index contributed by atoms with van der Waals surface area (Å²) in [6, 6.07) is 5.99. The minimum Gasteiger partial charge on any atom is -0.399 e. The Balaban J connectivity index is 2.31. The summed E-state index contributed by atoms with van der Waals surface area (Å²) >= 11 is 0. The molecule has 1 aromatic carbocycles. The van der Waals surface area contributed by atoms with Crippen molar-refractivity contribution < 1.29 is 4.74 Å². The van der Waals surface area contributed by atoms with E-state index in [9.17, 15) is 0 Å². The quantitative estimate of drug-likeness (QED) is 0.812. The fraction of sp³-hybridized carbons (Fsp3) is 0.562. The van der Waals surface area contributed by atoms with Crippen LogP contribution in [0.5, 0.6) is 0 Å². The van der Waals surface area contributed by atoms with Crippen molar-refractivity contribution >= 4 is 16.7 Å². The predicted octanol–water partition coefficient (Wildman–Crippen LogP) is 3.05. The summed E-state index contributed by atoms with van der Waals surface area (Å²) in [5.74, 6) is 1.10. The van der Waals surface area contributed by atoms with Gasteiger partial charge in [-0.25, -0.2) is 4.98 Å². The predicted molar refractivity (Wildman–Crippen MR) is 81.9 cm³/mol. The van der Waals surface area contributed by atoms with Crippen LogP contribution >= 0.6 is 0 Å². The first-order valence-electron chi connectivity index (χ1n) is 7.18. The van der Waals surface area contributed by atoms with E-state index < -0.39 is 0 Å². The van der Waals surface area contributed by atoms with Crippen molar-refractivity contribution in [3.63, 3.8) is 0 Å². The van der Waals surface area contributed by atoms with E-state index in [2.05, 4.69) is 38.3 Å². The molecular formula is C16H23N3O. The summed E-state index contributed by atoms with van der Waals surface area (Å²) in [4.78, 5) is 4.86. The van der Waals surface area contributed by atoms with Crippen LogP contribution < -0.4 is 5.73 Å². The van der Waals surface area contributed by atoms with Gasteiger partial charge in [-0.1, -0.05) is 20.8 Å². The average Bonchev–Trinajstić information content (AvgIpc) is 2.92. The van der Waals surface area contributed by atoms with Crippen molar-refractivity contribution in [3.05, 3.63) is 24.0 Å². The lowest BCUT2D eigenvalue weighted by molar-refractivity contribution is 0.160. The molecule has 1 aliphatic rings. The number of aromatic nitrogens is 2. The molecule has 1 unspecified atom stereocenters. The number of benzene rings is 1. The van der Waals surface area contributed by atoms with Gasteiger partial charge in [0, 0.05) is 17.7 Å². The number of anilines is 1. The smallest absolute Gasteiger partial charge is 0.115 e. The van der Waals surface area contributed by atoms with E-state index >= 15 is 0 Å². The lowest BCUT2D eigenvalue weighted by Crippen LogP contribution is -2.35. The number of nitrogens with zero attached hydrogens (tertiary/aromatic N) is 2. The van der Waals surface area contributed by atoms with Gasteiger partial charge in [-0.05, 0) is 31.5 Å². The van der Waals surface area contributed by atoms with Gasteiger partial charge in [0.25, 0.3) is 0 Å². The molecule has 1 fully saturated rings. The van der Waals surface area contributed by atoms with Crippen LogP contribution in [0.3, 0.4) is 0 Å². The number of nitrogens with two attached hydrogens (primary N) is 1. The highest BCUT2D eigenvalue weighted by molar-refractivity contribution is 5.80. The van der Waals surface area contributed by atoms with Gasteiger partial charge in [-0.2, -0.15) is 0 Å². The second kappa shape index (κ2) is 4.22. The van der Waals surface area contributed by atoms with E-state index in [-0.39, 0.29) is 11.0 Å². The van der Waals surface area contributed by atoms with Crippen molar-refractivity contribution in [2.45, 2.75) is 45.1 Å². The van der Waals surface area contributed by atoms with Gasteiger partial charge in [0.2, 0.25) is 0 Å². The molecule has 0 saturated carbocycles. The molecule has 20 heavy (non-hydrogen) atoms. The third kappa shape index (κ3) is 1.99. The number of rotatable bonds is 1. The number of ether oxygens (including phenoxy) is 1. The molecule has 3 rings (SSSR count). The van der Waals surface area contributed by atoms with Gasteiger partial charge in [-0.3, -0.25) is 0 Å². The second-order valence-electron chi connectivity index (χ2n) is 7.07. The largest absolute Gasteiger partial charge is 0.399 e. The maximum Gasteiger partial charge on any atom is 0.115 e. The van der Waals surface area contributed by atoms with Crippen LogP contribution in [0.2, 0.25) is 0 Å². The minimum atomic E-state index is -0.0204. The molecule has 0 bridgehead atoms. The third-order valence-electron chi connectivity index (χ3n) is 4.09. The van der Waals surface area contributed by atoms with Crippen molar-refractivity contribution in [1.82, 2.24) is 9.55 Å². The number of hydrogen-bond donors (Lipinski definition) is 1. The first-order chi connectivity index (χ1) is 9.31. The Hall–Kier alpha value is -1.55. The average molecular weight is 273 g/mol. The molecule has 1 aromatic heterocycles. The highest BCUT2D eigenvalue weighted by Crippen LogP contribution is 2.36. The van der Waals surface area contributed by atoms with Crippen LogP contribution in [0.15, 0.2) is 18.2 Å². The Labute approximate surface area is 119 Å². The molecule has 4 nitrogen and oxygen atoms in total. The SMILES string of the molecule is CC(C)(C)c1nc2cc(N)ccc2n1C1(C)CCOC1. The Kier molecular flexibility index (Phi) is 2.83. The molecule has 1 atom stereocenters. The Bertz CT molecular complexity index is 646. The Morgan fingerprint density at radius 1 is 1.35 bits per heavy atom. The number of imidazole rings is 1. The molecule has 0 spiro atoms. The molecular weight excluding hydrogens is 250 g/mol. The fourth-order valence-corrected chi connectivity index (χ4v) is 2.98. The van der Waals surface area contributed by atoms with Gasteiger partial charge in [0.1, 0.15) is 5.82 Å². The van der Waals surface area contributed by atoms with Gasteiger partial charge >= 0.3 is 0 Å². The molecule has 2 N–H and O–H groups in total. The van der Waals surface area contributed by atoms with E-state index in [1.807, 2.05) is 12.1 Å². The van der Waals surface area contributed by atoms with Crippen LogP contribution in [-0.4, -0.2) is 22.8 Å². The standard InChI is InChI=1S/C16H23N3O/c1-15(2,3)14-18-12-9-11(17)5-6-13(12)19(14)16(4)7-8-20-10-16/h5-6,9H,7-8,10,17H2,1-4H3. The van der Waals surface area contributed by atoms with Crippen LogP contribution in [0.1, 0.15) is 39.9 Å². The van der Waals surface area contributed by atoms with Crippen LogP contribution in [0, 0.1) is 0 Å². The van der Waals surface area contributed by atoms with Crippen LogP contribution in [0.25, 0.3) is 11.0 Å². The number of nitrogen functional groups attached to an aromatic ring is 1. The van der Waals surface area contributed by atoms with Crippen LogP contribution in [-0.2, 0) is 15.7 Å². The zero-order valence-electron chi connectivity index (χ0n) is 12.7. The van der Waals surface area contributed by atoms with Gasteiger partial charge in [-0.15, -0.1) is 0 Å². The van der Waals surface area contributed by atoms with Crippen molar-refractivity contribution in [2.75, 3.05) is 18.9 Å². The Morgan fingerprint density at radius 2 is 2.10 bits per heavy atom. The summed E-state index contributed by atoms with van der Waals surface area (Å²) < 4.78 is 8.02. The van der Waals surface area contributed by atoms with E-state index in [1.54, 1.807) is 0 Å². The van der Waals surface area contributed by atoms with Crippen molar-refractivity contribution in [2.24, 2.45) is 0 Å². The van der Waals surface area contributed by atoms with E-state index in [4.69, 9.17) is 15.5 Å². The molecule has 0 aliphatic carbocycles. The summed E-state index contributed by atoms with van der Waals surface area (Å²) in [5.41, 5.74) is 8.75. The van der Waals surface area contributed by atoms with E-state index in [0.29, 0.717) is 0 Å². The molecule has 2 heterocycles. The molecule has 108 valence electrons. The molecule has 0 amide bonds. The van der Waals surface area contributed by atoms with Crippen molar-refractivity contribution in [1.29, 1.82) is 0 Å². The van der Waals surface area contributed by atoms with E-state index in [1.165, 1.54) is 0 Å². The minimum absolute atomic E-state index is 0.0145. The summed E-state index contributed by atoms with van der Waals surface area (Å²) in [6.45, 7) is 10.4. The first-order valence-corrected chi connectivity index (χ1v) is 7.18. The van der Waals surface area contributed by atoms with Gasteiger partial charge in [0.05, 0.1) is 23.2 Å². The molecule has 1 saturated heterocycles. The molecule has 0 radical (unpaired) electrons. The lowest BCUT2D eigenvalue weighted by atomic mass is 9.92. The van der Waals surface area contributed by atoms with Gasteiger partial charge in [0.15, 0.2) is 0 Å². The molecule has 1 aliphatic heterocycles.